The van der Waals surface area contributed by atoms with Crippen molar-refractivity contribution >= 4 is 11.8 Å². The van der Waals surface area contributed by atoms with Crippen molar-refractivity contribution in [3.63, 3.8) is 0 Å². The number of carbonyl (C=O) groups is 2. The van der Waals surface area contributed by atoms with Crippen molar-refractivity contribution in [1.82, 2.24) is 19.6 Å². The van der Waals surface area contributed by atoms with Crippen LogP contribution in [0, 0.1) is 11.8 Å². The molecule has 0 bridgehead atoms. The van der Waals surface area contributed by atoms with Crippen LogP contribution in [0.2, 0.25) is 0 Å². The number of nitrogens with zero attached hydrogens (tertiary/aromatic N) is 4. The molecule has 0 aromatic heterocycles. The summed E-state index contributed by atoms with van der Waals surface area (Å²) in [6, 6.07) is 0. The number of likely N-dealkylation sites (N-methyl/N-ethyl adjacent to an activating group) is 2. The van der Waals surface area contributed by atoms with Crippen molar-refractivity contribution in [3.05, 3.63) is 12.2 Å². The van der Waals surface area contributed by atoms with Crippen LogP contribution in [-0.2, 0) is 9.59 Å². The highest BCUT2D eigenvalue weighted by Crippen LogP contribution is 2.46. The lowest BCUT2D eigenvalue weighted by atomic mass is 10.2. The maximum atomic E-state index is 12.6. The molecule has 2 saturated heterocycles. The molecule has 0 aromatic rings. The van der Waals surface area contributed by atoms with Gasteiger partial charge in [-0.15, -0.1) is 0 Å². The lowest BCUT2D eigenvalue weighted by molar-refractivity contribution is -0.139. The number of carbonyl (C=O) groups excluding carboxylic acids is 2. The van der Waals surface area contributed by atoms with Crippen molar-refractivity contribution in [2.45, 2.75) is 0 Å². The molecule has 1 aliphatic carbocycles. The van der Waals surface area contributed by atoms with Gasteiger partial charge in [-0.25, -0.2) is 0 Å². The molecule has 6 heteroatoms. The standard InChI is InChI=1S/C16H26N4O2/c1-12-13(15(21)19-8-4-17(2)5-9-19)14(12)16(22)20-10-6-18(3)7-11-20/h13-14H,1,4-11H2,2-3H3/t13-,14?/m1/s1. The first-order valence-corrected chi connectivity index (χ1v) is 8.12. The first-order valence-electron chi connectivity index (χ1n) is 8.12. The maximum absolute atomic E-state index is 12.6. The van der Waals surface area contributed by atoms with Crippen LogP contribution in [-0.4, -0.2) is 97.9 Å². The fraction of sp³-hybridized carbons (Fsp3) is 0.750. The van der Waals surface area contributed by atoms with Crippen molar-refractivity contribution in [3.8, 4) is 0 Å². The van der Waals surface area contributed by atoms with Crippen LogP contribution in [0.3, 0.4) is 0 Å². The van der Waals surface area contributed by atoms with Crippen LogP contribution >= 0.6 is 0 Å². The summed E-state index contributed by atoms with van der Waals surface area (Å²) < 4.78 is 0. The van der Waals surface area contributed by atoms with E-state index in [1.807, 2.05) is 9.80 Å². The first kappa shape index (κ1) is 15.5. The SMILES string of the molecule is C=C1C(C(=O)N2CCN(C)CC2)[C@@H]1C(=O)N1CCN(C)CC1. The summed E-state index contributed by atoms with van der Waals surface area (Å²) in [5.74, 6) is -0.331. The Labute approximate surface area is 132 Å². The summed E-state index contributed by atoms with van der Waals surface area (Å²) in [6.07, 6.45) is 0. The van der Waals surface area contributed by atoms with Crippen molar-refractivity contribution in [2.75, 3.05) is 66.5 Å². The van der Waals surface area contributed by atoms with Crippen LogP contribution in [0.15, 0.2) is 12.2 Å². The van der Waals surface area contributed by atoms with Crippen LogP contribution in [0.25, 0.3) is 0 Å². The average molecular weight is 306 g/mol. The third kappa shape index (κ3) is 2.90. The molecule has 3 rings (SSSR count). The topological polar surface area (TPSA) is 47.1 Å². The zero-order chi connectivity index (χ0) is 15.9. The van der Waals surface area contributed by atoms with Gasteiger partial charge in [0.15, 0.2) is 0 Å². The molecule has 1 unspecified atom stereocenters. The van der Waals surface area contributed by atoms with Gasteiger partial charge in [0.2, 0.25) is 11.8 Å². The van der Waals surface area contributed by atoms with Gasteiger partial charge >= 0.3 is 0 Å². The van der Waals surface area contributed by atoms with Crippen LogP contribution < -0.4 is 0 Å². The Kier molecular flexibility index (Phi) is 4.23. The summed E-state index contributed by atoms with van der Waals surface area (Å²) >= 11 is 0. The molecule has 3 fully saturated rings. The Bertz CT molecular complexity index is 435. The lowest BCUT2D eigenvalue weighted by Gasteiger charge is -2.33. The Hall–Kier alpha value is -1.40. The summed E-state index contributed by atoms with van der Waals surface area (Å²) in [6.45, 7) is 10.6. The average Bonchev–Trinajstić information content (AvgIpc) is 3.18. The minimum atomic E-state index is -0.268. The van der Waals surface area contributed by atoms with E-state index in [1.54, 1.807) is 0 Å². The molecule has 22 heavy (non-hydrogen) atoms. The molecule has 122 valence electrons. The zero-order valence-electron chi connectivity index (χ0n) is 13.6. The van der Waals surface area contributed by atoms with Crippen molar-refractivity contribution in [1.29, 1.82) is 0 Å². The van der Waals surface area contributed by atoms with Crippen LogP contribution in [0.5, 0.6) is 0 Å². The molecule has 2 heterocycles. The molecule has 6 nitrogen and oxygen atoms in total. The number of amides is 2. The summed E-state index contributed by atoms with van der Waals surface area (Å²) in [5, 5.41) is 0. The van der Waals surface area contributed by atoms with E-state index < -0.39 is 0 Å². The molecule has 0 aromatic carbocycles. The smallest absolute Gasteiger partial charge is 0.231 e. The highest BCUT2D eigenvalue weighted by Gasteiger charge is 2.55. The summed E-state index contributed by atoms with van der Waals surface area (Å²) in [7, 11) is 4.13. The fourth-order valence-electron chi connectivity index (χ4n) is 3.36. The zero-order valence-corrected chi connectivity index (χ0v) is 13.6. The fourth-order valence-corrected chi connectivity index (χ4v) is 3.36. The van der Waals surface area contributed by atoms with E-state index in [-0.39, 0.29) is 23.7 Å². The molecule has 0 N–H and O–H groups in total. The first-order chi connectivity index (χ1) is 10.5. The second-order valence-corrected chi connectivity index (χ2v) is 6.79. The summed E-state index contributed by atoms with van der Waals surface area (Å²) in [4.78, 5) is 33.4. The van der Waals surface area contributed by atoms with E-state index in [9.17, 15) is 9.59 Å². The molecule has 0 spiro atoms. The van der Waals surface area contributed by atoms with Gasteiger partial charge in [-0.3, -0.25) is 9.59 Å². The van der Waals surface area contributed by atoms with E-state index in [1.165, 1.54) is 0 Å². The maximum Gasteiger partial charge on any atom is 0.231 e. The highest BCUT2D eigenvalue weighted by atomic mass is 16.2. The van der Waals surface area contributed by atoms with Gasteiger partial charge in [0.25, 0.3) is 0 Å². The van der Waals surface area contributed by atoms with E-state index in [0.29, 0.717) is 0 Å². The Balaban J connectivity index is 1.57. The minimum Gasteiger partial charge on any atom is -0.340 e. The largest absolute Gasteiger partial charge is 0.340 e. The Morgan fingerprint density at radius 3 is 1.41 bits per heavy atom. The summed E-state index contributed by atoms with van der Waals surface area (Å²) in [5.41, 5.74) is 0.813. The molecular weight excluding hydrogens is 280 g/mol. The number of rotatable bonds is 2. The third-order valence-electron chi connectivity index (χ3n) is 5.19. The number of piperazine rings is 2. The molecular formula is C16H26N4O2. The van der Waals surface area contributed by atoms with E-state index in [0.717, 1.165) is 57.9 Å². The Morgan fingerprint density at radius 1 is 0.773 bits per heavy atom. The van der Waals surface area contributed by atoms with E-state index in [4.69, 9.17) is 0 Å². The predicted octanol–water partition coefficient (Wildman–Crippen LogP) is -0.663. The quantitative estimate of drug-likeness (QED) is 0.635. The molecule has 1 saturated carbocycles. The van der Waals surface area contributed by atoms with E-state index >= 15 is 0 Å². The molecule has 0 radical (unpaired) electrons. The van der Waals surface area contributed by atoms with Crippen LogP contribution in [0.4, 0.5) is 0 Å². The monoisotopic (exact) mass is 306 g/mol. The number of hydrogen-bond donors (Lipinski definition) is 0. The molecule has 2 amide bonds. The minimum absolute atomic E-state index is 0.102. The Morgan fingerprint density at radius 2 is 1.09 bits per heavy atom. The lowest BCUT2D eigenvalue weighted by Crippen LogP contribution is -2.49. The highest BCUT2D eigenvalue weighted by molar-refractivity contribution is 5.99. The van der Waals surface area contributed by atoms with Gasteiger partial charge in [-0.1, -0.05) is 12.2 Å². The van der Waals surface area contributed by atoms with Crippen molar-refractivity contribution in [2.24, 2.45) is 11.8 Å². The van der Waals surface area contributed by atoms with Gasteiger partial charge in [0.05, 0.1) is 11.8 Å². The number of hydrogen-bond acceptors (Lipinski definition) is 4. The third-order valence-corrected chi connectivity index (χ3v) is 5.19. The normalized spacial score (nSPS) is 30.5. The van der Waals surface area contributed by atoms with Gasteiger partial charge < -0.3 is 19.6 Å². The van der Waals surface area contributed by atoms with Gasteiger partial charge in [0.1, 0.15) is 0 Å². The molecule has 2 aliphatic heterocycles. The van der Waals surface area contributed by atoms with Gasteiger partial charge in [-0.05, 0) is 14.1 Å². The van der Waals surface area contributed by atoms with Crippen molar-refractivity contribution < 1.29 is 9.59 Å². The molecule has 2 atom stereocenters. The molecule has 3 aliphatic rings. The van der Waals surface area contributed by atoms with Gasteiger partial charge in [0, 0.05) is 52.4 Å². The second-order valence-electron chi connectivity index (χ2n) is 6.79. The second kappa shape index (κ2) is 6.01. The predicted molar refractivity (Wildman–Crippen MR) is 84.3 cm³/mol. The van der Waals surface area contributed by atoms with Gasteiger partial charge in [-0.2, -0.15) is 0 Å². The van der Waals surface area contributed by atoms with Crippen LogP contribution in [0.1, 0.15) is 0 Å². The van der Waals surface area contributed by atoms with E-state index in [2.05, 4.69) is 30.5 Å².